The minimum atomic E-state index is -0.243. The molecule has 1 aromatic carbocycles. The number of nitrogens with zero attached hydrogens (tertiary/aromatic N) is 2. The van der Waals surface area contributed by atoms with Crippen LogP contribution in [0.4, 0.5) is 5.82 Å². The van der Waals surface area contributed by atoms with Crippen LogP contribution in [0.3, 0.4) is 0 Å². The van der Waals surface area contributed by atoms with E-state index in [4.69, 9.17) is 27.7 Å². The lowest BCUT2D eigenvalue weighted by Gasteiger charge is -2.26. The van der Waals surface area contributed by atoms with E-state index in [2.05, 4.69) is 10.5 Å². The number of hydrogen-bond acceptors (Lipinski definition) is 5. The van der Waals surface area contributed by atoms with Crippen LogP contribution in [-0.4, -0.2) is 40.4 Å². The molecule has 0 aliphatic heterocycles. The molecule has 9 heteroatoms. The van der Waals surface area contributed by atoms with Gasteiger partial charge in [0.25, 0.3) is 0 Å². The second-order valence-corrected chi connectivity index (χ2v) is 7.54. The Bertz CT molecular complexity index is 797. The average Bonchev–Trinajstić information content (AvgIpc) is 2.98. The zero-order chi connectivity index (χ0) is 19.3. The third-order valence-electron chi connectivity index (χ3n) is 3.74. The highest BCUT2D eigenvalue weighted by Crippen LogP contribution is 2.29. The fourth-order valence-electron chi connectivity index (χ4n) is 2.20. The van der Waals surface area contributed by atoms with Gasteiger partial charge in [-0.1, -0.05) is 34.4 Å². The highest BCUT2D eigenvalue weighted by Gasteiger charge is 2.20. The topological polar surface area (TPSA) is 75.4 Å². The lowest BCUT2D eigenvalue weighted by atomic mass is 10.1. The molecule has 140 valence electrons. The molecule has 1 N–H and O–H groups in total. The molecule has 0 bridgehead atoms. The minimum absolute atomic E-state index is 0.0985. The Balaban J connectivity index is 1.81. The zero-order valence-electron chi connectivity index (χ0n) is 14.6. The van der Waals surface area contributed by atoms with Gasteiger partial charge in [-0.25, -0.2) is 0 Å². The highest BCUT2D eigenvalue weighted by molar-refractivity contribution is 8.00. The van der Waals surface area contributed by atoms with E-state index < -0.39 is 0 Å². The van der Waals surface area contributed by atoms with Gasteiger partial charge >= 0.3 is 0 Å². The van der Waals surface area contributed by atoms with Crippen molar-refractivity contribution in [3.63, 3.8) is 0 Å². The first-order valence-corrected chi connectivity index (χ1v) is 9.70. The molecular formula is C17H19Cl2N3O3S. The molecule has 0 spiro atoms. The Morgan fingerprint density at radius 2 is 2.04 bits per heavy atom. The fraction of sp³-hybridized carbons (Fsp3) is 0.353. The summed E-state index contributed by atoms with van der Waals surface area (Å²) in [5.74, 6) is 0.951. The number of thioether (sulfide) groups is 1. The number of aryl methyl sites for hydroxylation is 1. The zero-order valence-corrected chi connectivity index (χ0v) is 16.9. The maximum absolute atomic E-state index is 12.4. The molecule has 0 aliphatic rings. The number of carbonyl (C=O) groups is 2. The Morgan fingerprint density at radius 3 is 2.65 bits per heavy atom. The average molecular weight is 416 g/mol. The first-order chi connectivity index (χ1) is 12.3. The van der Waals surface area contributed by atoms with E-state index in [0.717, 1.165) is 5.56 Å². The molecule has 6 nitrogen and oxygen atoms in total. The first-order valence-electron chi connectivity index (χ1n) is 7.79. The summed E-state index contributed by atoms with van der Waals surface area (Å²) in [4.78, 5) is 25.8. The van der Waals surface area contributed by atoms with Gasteiger partial charge in [-0.2, -0.15) is 0 Å². The number of aromatic nitrogens is 1. The van der Waals surface area contributed by atoms with Crippen LogP contribution in [0.1, 0.15) is 24.3 Å². The van der Waals surface area contributed by atoms with Gasteiger partial charge in [0, 0.05) is 23.2 Å². The van der Waals surface area contributed by atoms with Crippen LogP contribution >= 0.6 is 35.0 Å². The number of carbonyl (C=O) groups excluding carboxylic acids is 2. The second-order valence-electron chi connectivity index (χ2n) is 5.71. The molecule has 1 atom stereocenters. The van der Waals surface area contributed by atoms with E-state index in [1.807, 2.05) is 6.92 Å². The number of halogens is 2. The third kappa shape index (κ3) is 5.65. The largest absolute Gasteiger partial charge is 0.360 e. The van der Waals surface area contributed by atoms with Crippen molar-refractivity contribution in [1.82, 2.24) is 10.1 Å². The van der Waals surface area contributed by atoms with Crippen LogP contribution in [-0.2, 0) is 9.59 Å². The van der Waals surface area contributed by atoms with E-state index in [9.17, 15) is 9.59 Å². The highest BCUT2D eigenvalue weighted by atomic mass is 35.5. The maximum atomic E-state index is 12.4. The standard InChI is InChI=1S/C17H19Cl2N3O3S/c1-10-6-15(21-25-10)20-16(23)8-26-9-17(24)22(3)11(2)13-5-4-12(18)7-14(13)19/h4-7,11H,8-9H2,1-3H3,(H,20,21,23)/t11-/m0/s1. The quantitative estimate of drug-likeness (QED) is 0.733. The van der Waals surface area contributed by atoms with Gasteiger partial charge in [-0.3, -0.25) is 9.59 Å². The van der Waals surface area contributed by atoms with E-state index in [0.29, 0.717) is 21.6 Å². The summed E-state index contributed by atoms with van der Waals surface area (Å²) in [5.41, 5.74) is 0.816. The molecular weight excluding hydrogens is 397 g/mol. The molecule has 0 saturated heterocycles. The van der Waals surface area contributed by atoms with Crippen molar-refractivity contribution in [2.75, 3.05) is 23.9 Å². The normalized spacial score (nSPS) is 11.9. The summed E-state index contributed by atoms with van der Waals surface area (Å²) in [6.07, 6.45) is 0. The lowest BCUT2D eigenvalue weighted by Crippen LogP contribution is -2.31. The van der Waals surface area contributed by atoms with Crippen LogP contribution in [0.15, 0.2) is 28.8 Å². The lowest BCUT2D eigenvalue weighted by molar-refractivity contribution is -0.128. The Labute approximate surface area is 166 Å². The Hall–Kier alpha value is -1.70. The second kappa shape index (κ2) is 9.30. The third-order valence-corrected chi connectivity index (χ3v) is 5.22. The summed E-state index contributed by atoms with van der Waals surface area (Å²) in [6.45, 7) is 3.62. The summed E-state index contributed by atoms with van der Waals surface area (Å²) >= 11 is 13.3. The number of nitrogens with one attached hydrogen (secondary N) is 1. The molecule has 0 unspecified atom stereocenters. The number of hydrogen-bond donors (Lipinski definition) is 1. The fourth-order valence-corrected chi connectivity index (χ4v) is 3.51. The molecule has 0 aliphatic carbocycles. The minimum Gasteiger partial charge on any atom is -0.360 e. The van der Waals surface area contributed by atoms with E-state index >= 15 is 0 Å². The van der Waals surface area contributed by atoms with Crippen LogP contribution in [0.2, 0.25) is 10.0 Å². The first kappa shape index (κ1) is 20.6. The molecule has 2 rings (SSSR count). The van der Waals surface area contributed by atoms with Crippen LogP contribution in [0.5, 0.6) is 0 Å². The van der Waals surface area contributed by atoms with Crippen molar-refractivity contribution in [2.45, 2.75) is 19.9 Å². The van der Waals surface area contributed by atoms with E-state index in [1.54, 1.807) is 43.1 Å². The smallest absolute Gasteiger partial charge is 0.235 e. The Kier molecular flexibility index (Phi) is 7.37. The maximum Gasteiger partial charge on any atom is 0.235 e. The number of rotatable bonds is 7. The van der Waals surface area contributed by atoms with Crippen molar-refractivity contribution >= 4 is 52.6 Å². The molecule has 2 aromatic rings. The van der Waals surface area contributed by atoms with Gasteiger partial charge in [0.15, 0.2) is 5.82 Å². The molecule has 26 heavy (non-hydrogen) atoms. The molecule has 1 heterocycles. The molecule has 2 amide bonds. The van der Waals surface area contributed by atoms with Gasteiger partial charge in [-0.15, -0.1) is 11.8 Å². The van der Waals surface area contributed by atoms with Crippen LogP contribution in [0.25, 0.3) is 0 Å². The van der Waals surface area contributed by atoms with Gasteiger partial charge in [-0.05, 0) is 31.5 Å². The predicted octanol–water partition coefficient (Wildman–Crippen LogP) is 4.18. The van der Waals surface area contributed by atoms with E-state index in [-0.39, 0.29) is 29.4 Å². The number of anilines is 1. The molecule has 0 fully saturated rings. The van der Waals surface area contributed by atoms with Gasteiger partial charge in [0.1, 0.15) is 5.76 Å². The van der Waals surface area contributed by atoms with Gasteiger partial charge in [0.2, 0.25) is 11.8 Å². The monoisotopic (exact) mass is 415 g/mol. The van der Waals surface area contributed by atoms with Gasteiger partial charge < -0.3 is 14.7 Å². The Morgan fingerprint density at radius 1 is 1.31 bits per heavy atom. The summed E-state index contributed by atoms with van der Waals surface area (Å²) in [5, 5.41) is 7.35. The van der Waals surface area contributed by atoms with Crippen LogP contribution in [0, 0.1) is 6.92 Å². The van der Waals surface area contributed by atoms with Crippen molar-refractivity contribution in [3.05, 3.63) is 45.6 Å². The van der Waals surface area contributed by atoms with Gasteiger partial charge in [0.05, 0.1) is 17.5 Å². The van der Waals surface area contributed by atoms with Crippen molar-refractivity contribution in [2.24, 2.45) is 0 Å². The number of benzene rings is 1. The summed E-state index contributed by atoms with van der Waals surface area (Å²) in [7, 11) is 1.71. The SMILES string of the molecule is Cc1cc(NC(=O)CSCC(=O)N(C)[C@@H](C)c2ccc(Cl)cc2Cl)no1. The van der Waals surface area contributed by atoms with Crippen molar-refractivity contribution in [1.29, 1.82) is 0 Å². The molecule has 1 aromatic heterocycles. The number of amides is 2. The molecule has 0 radical (unpaired) electrons. The van der Waals surface area contributed by atoms with Crippen LogP contribution < -0.4 is 5.32 Å². The molecule has 0 saturated carbocycles. The summed E-state index contributed by atoms with van der Waals surface area (Å²) in [6, 6.07) is 6.61. The van der Waals surface area contributed by atoms with E-state index in [1.165, 1.54) is 11.8 Å². The van der Waals surface area contributed by atoms with Crippen molar-refractivity contribution < 1.29 is 14.1 Å². The predicted molar refractivity (Wildman–Crippen MR) is 105 cm³/mol. The van der Waals surface area contributed by atoms with Crippen molar-refractivity contribution in [3.8, 4) is 0 Å². The summed E-state index contributed by atoms with van der Waals surface area (Å²) < 4.78 is 4.87.